The summed E-state index contributed by atoms with van der Waals surface area (Å²) < 4.78 is 1.57. The summed E-state index contributed by atoms with van der Waals surface area (Å²) in [5.74, 6) is 0. The molecule has 0 aliphatic heterocycles. The molecule has 8 heavy (non-hydrogen) atoms. The van der Waals surface area contributed by atoms with E-state index in [2.05, 4.69) is 12.0 Å². The normalized spacial score (nSPS) is 9.88. The molecule has 2 nitrogen and oxygen atoms in total. The fourth-order valence-electron chi connectivity index (χ4n) is 0.468. The molecule has 0 aliphatic carbocycles. The summed E-state index contributed by atoms with van der Waals surface area (Å²) in [5, 5.41) is 4.44. The Kier molecular flexibility index (Phi) is 1.26. The quantitative estimate of drug-likeness (QED) is 0.516. The molecule has 1 rings (SSSR count). The Morgan fingerprint density at radius 2 is 2.50 bits per heavy atom. The molecule has 3 heteroatoms. The van der Waals surface area contributed by atoms with Gasteiger partial charge in [-0.25, -0.2) is 0 Å². The van der Waals surface area contributed by atoms with Gasteiger partial charge in [0.1, 0.15) is 5.15 Å². The lowest BCUT2D eigenvalue weighted by Gasteiger charge is -1.87. The third-order valence-electron chi connectivity index (χ3n) is 0.936. The molecule has 0 atom stereocenters. The zero-order valence-corrected chi connectivity index (χ0v) is 5.31. The van der Waals surface area contributed by atoms with Crippen molar-refractivity contribution in [2.24, 2.45) is 7.05 Å². The average Bonchev–Trinajstić information content (AvgIpc) is 1.98. The first-order valence-corrected chi connectivity index (χ1v) is 2.59. The van der Waals surface area contributed by atoms with Crippen LogP contribution in [0.15, 0.2) is 6.20 Å². The highest BCUT2D eigenvalue weighted by Gasteiger charge is 1.96. The minimum Gasteiger partial charge on any atom is -0.257 e. The molecular formula is C5H6ClN2. The Morgan fingerprint density at radius 3 is 2.62 bits per heavy atom. The third-order valence-corrected chi connectivity index (χ3v) is 1.42. The van der Waals surface area contributed by atoms with Crippen LogP contribution in [0.5, 0.6) is 0 Å². The van der Waals surface area contributed by atoms with Crippen molar-refractivity contribution in [2.75, 3.05) is 0 Å². The van der Waals surface area contributed by atoms with Crippen LogP contribution < -0.4 is 0 Å². The Balaban J connectivity index is 3.19. The first kappa shape index (κ1) is 5.63. The first-order chi connectivity index (χ1) is 3.72. The molecule has 0 unspecified atom stereocenters. The SMILES string of the molecule is [CH2]c1cnn(C)c1Cl. The molecule has 0 N–H and O–H groups in total. The summed E-state index contributed by atoms with van der Waals surface area (Å²) >= 11 is 5.63. The van der Waals surface area contributed by atoms with E-state index >= 15 is 0 Å². The number of nitrogens with zero attached hydrogens (tertiary/aromatic N) is 2. The van der Waals surface area contributed by atoms with Crippen molar-refractivity contribution < 1.29 is 0 Å². The molecule has 0 aromatic carbocycles. The van der Waals surface area contributed by atoms with Gasteiger partial charge in [-0.2, -0.15) is 5.10 Å². The highest BCUT2D eigenvalue weighted by atomic mass is 35.5. The highest BCUT2D eigenvalue weighted by molar-refractivity contribution is 6.30. The van der Waals surface area contributed by atoms with Crippen molar-refractivity contribution in [3.63, 3.8) is 0 Å². The Bertz CT molecular complexity index is 173. The highest BCUT2D eigenvalue weighted by Crippen LogP contribution is 2.10. The van der Waals surface area contributed by atoms with Crippen LogP contribution >= 0.6 is 11.6 Å². The predicted molar refractivity (Wildman–Crippen MR) is 32.7 cm³/mol. The van der Waals surface area contributed by atoms with Gasteiger partial charge >= 0.3 is 0 Å². The molecular weight excluding hydrogens is 124 g/mol. The van der Waals surface area contributed by atoms with Gasteiger partial charge in [0.2, 0.25) is 0 Å². The molecule has 0 bridgehead atoms. The van der Waals surface area contributed by atoms with E-state index < -0.39 is 0 Å². The fraction of sp³-hybridized carbons (Fsp3) is 0.200. The summed E-state index contributed by atoms with van der Waals surface area (Å²) in [4.78, 5) is 0. The van der Waals surface area contributed by atoms with Gasteiger partial charge in [-0.05, 0) is 6.92 Å². The summed E-state index contributed by atoms with van der Waals surface area (Å²) in [6.07, 6.45) is 1.63. The van der Waals surface area contributed by atoms with Gasteiger partial charge in [-0.1, -0.05) is 11.6 Å². The van der Waals surface area contributed by atoms with Gasteiger partial charge in [0.05, 0.1) is 6.20 Å². The Morgan fingerprint density at radius 1 is 1.88 bits per heavy atom. The minimum atomic E-state index is 0.602. The smallest absolute Gasteiger partial charge is 0.129 e. The van der Waals surface area contributed by atoms with E-state index in [0.717, 1.165) is 5.56 Å². The van der Waals surface area contributed by atoms with Gasteiger partial charge < -0.3 is 0 Å². The molecule has 0 aliphatic rings. The van der Waals surface area contributed by atoms with Crippen LogP contribution in [-0.2, 0) is 7.05 Å². The maximum absolute atomic E-state index is 5.63. The molecule has 0 fully saturated rings. The Labute approximate surface area is 53.1 Å². The lowest BCUT2D eigenvalue weighted by molar-refractivity contribution is 0.768. The Hall–Kier alpha value is -0.500. The molecule has 43 valence electrons. The second-order valence-corrected chi connectivity index (χ2v) is 1.94. The lowest BCUT2D eigenvalue weighted by Crippen LogP contribution is -1.87. The molecule has 0 saturated carbocycles. The molecule has 0 saturated heterocycles. The van der Waals surface area contributed by atoms with E-state index in [1.165, 1.54) is 0 Å². The standard InChI is InChI=1S/C5H6ClN2/c1-4-3-7-8(2)5(4)6/h3H,1H2,2H3. The maximum atomic E-state index is 5.63. The van der Waals surface area contributed by atoms with Crippen LogP contribution in [0.25, 0.3) is 0 Å². The summed E-state index contributed by atoms with van der Waals surface area (Å²) in [6.45, 7) is 3.63. The van der Waals surface area contributed by atoms with Crippen molar-refractivity contribution in [3.8, 4) is 0 Å². The first-order valence-electron chi connectivity index (χ1n) is 2.21. The molecule has 0 spiro atoms. The predicted octanol–water partition coefficient (Wildman–Crippen LogP) is 1.26. The number of halogens is 1. The average molecular weight is 130 g/mol. The number of hydrogen-bond acceptors (Lipinski definition) is 1. The van der Waals surface area contributed by atoms with E-state index in [4.69, 9.17) is 11.6 Å². The molecule has 1 aromatic rings. The molecule has 1 aromatic heterocycles. The van der Waals surface area contributed by atoms with E-state index in [-0.39, 0.29) is 0 Å². The van der Waals surface area contributed by atoms with Gasteiger partial charge in [-0.3, -0.25) is 4.68 Å². The van der Waals surface area contributed by atoms with Crippen LogP contribution in [0.4, 0.5) is 0 Å². The van der Waals surface area contributed by atoms with Crippen molar-refractivity contribution in [1.29, 1.82) is 0 Å². The largest absolute Gasteiger partial charge is 0.257 e. The van der Waals surface area contributed by atoms with Crippen LogP contribution in [0.2, 0.25) is 5.15 Å². The van der Waals surface area contributed by atoms with Crippen molar-refractivity contribution in [2.45, 2.75) is 0 Å². The number of rotatable bonds is 0. The van der Waals surface area contributed by atoms with E-state index in [1.807, 2.05) is 0 Å². The van der Waals surface area contributed by atoms with Crippen LogP contribution in [-0.4, -0.2) is 9.78 Å². The van der Waals surface area contributed by atoms with Crippen molar-refractivity contribution in [3.05, 3.63) is 23.8 Å². The monoisotopic (exact) mass is 129 g/mol. The van der Waals surface area contributed by atoms with E-state index in [1.54, 1.807) is 17.9 Å². The van der Waals surface area contributed by atoms with Crippen molar-refractivity contribution in [1.82, 2.24) is 9.78 Å². The van der Waals surface area contributed by atoms with E-state index in [0.29, 0.717) is 5.15 Å². The zero-order chi connectivity index (χ0) is 6.15. The van der Waals surface area contributed by atoms with Crippen LogP contribution in [0, 0.1) is 6.92 Å². The number of aromatic nitrogens is 2. The lowest BCUT2D eigenvalue weighted by atomic mass is 10.4. The summed E-state index contributed by atoms with van der Waals surface area (Å²) in [5.41, 5.74) is 0.772. The summed E-state index contributed by atoms with van der Waals surface area (Å²) in [6, 6.07) is 0. The molecule has 1 heterocycles. The molecule has 1 radical (unpaired) electrons. The number of hydrogen-bond donors (Lipinski definition) is 0. The second-order valence-electron chi connectivity index (χ2n) is 1.58. The molecule has 0 amide bonds. The maximum Gasteiger partial charge on any atom is 0.129 e. The summed E-state index contributed by atoms with van der Waals surface area (Å²) in [7, 11) is 1.77. The fourth-order valence-corrected chi connectivity index (χ4v) is 0.561. The van der Waals surface area contributed by atoms with Gasteiger partial charge in [0, 0.05) is 12.6 Å². The van der Waals surface area contributed by atoms with E-state index in [9.17, 15) is 0 Å². The van der Waals surface area contributed by atoms with Gasteiger partial charge in [0.25, 0.3) is 0 Å². The topological polar surface area (TPSA) is 17.8 Å². The van der Waals surface area contributed by atoms with Crippen LogP contribution in [0.1, 0.15) is 5.56 Å². The van der Waals surface area contributed by atoms with Crippen LogP contribution in [0.3, 0.4) is 0 Å². The van der Waals surface area contributed by atoms with Gasteiger partial charge in [0.15, 0.2) is 0 Å². The van der Waals surface area contributed by atoms with Gasteiger partial charge in [-0.15, -0.1) is 0 Å². The third kappa shape index (κ3) is 0.713. The second kappa shape index (κ2) is 1.78. The number of aryl methyl sites for hydroxylation is 1. The zero-order valence-electron chi connectivity index (χ0n) is 4.56. The minimum absolute atomic E-state index is 0.602. The van der Waals surface area contributed by atoms with Crippen molar-refractivity contribution >= 4 is 11.6 Å².